The summed E-state index contributed by atoms with van der Waals surface area (Å²) < 4.78 is 15.5. The monoisotopic (exact) mass is 649 g/mol. The Kier molecular flexibility index (Phi) is 10.3. The molecule has 5 aromatic rings. The van der Waals surface area contributed by atoms with E-state index in [2.05, 4.69) is 32.9 Å². The van der Waals surface area contributed by atoms with Crippen molar-refractivity contribution in [1.29, 1.82) is 0 Å². The van der Waals surface area contributed by atoms with E-state index < -0.39 is 18.2 Å². The van der Waals surface area contributed by atoms with Crippen molar-refractivity contribution in [3.63, 3.8) is 0 Å². The molecule has 0 saturated carbocycles. The number of hydrogen-bond acceptors (Lipinski definition) is 9. The Labute approximate surface area is 278 Å². The molecule has 0 spiro atoms. The molecule has 48 heavy (non-hydrogen) atoms. The molecule has 0 radical (unpaired) electrons. The smallest absolute Gasteiger partial charge is 0.434 e. The quantitative estimate of drug-likeness (QED) is 0.181. The SMILES string of the molecule is CCOC(=O)Oc1noc([C@@H](Cc2ccc3ccccc3c2)N(C)C(=O)[C@@H](Cc2ccc3ccccc3c2)NC(=O)C2CCNCC2)n1. The standard InChI is InChI=1S/C37H39N5O6/c1-3-46-37(45)47-36-40-34(48-41-36)32(23-25-13-15-27-9-5-7-11-30(27)21-25)42(2)35(44)31(39-33(43)28-16-18-38-19-17-28)22-24-12-14-26-8-4-6-10-29(26)20-24/h4-15,20-21,28,31-32,38H,3,16-19,22-23H2,1-2H3,(H,39,43)/t31-,32-/m1/s1. The number of ether oxygens (including phenoxy) is 2. The lowest BCUT2D eigenvalue weighted by Crippen LogP contribution is -2.52. The lowest BCUT2D eigenvalue weighted by Gasteiger charge is -2.31. The molecule has 2 N–H and O–H groups in total. The Morgan fingerprint density at radius 1 is 0.896 bits per heavy atom. The van der Waals surface area contributed by atoms with Gasteiger partial charge in [0.15, 0.2) is 0 Å². The van der Waals surface area contributed by atoms with Gasteiger partial charge in [-0.25, -0.2) is 4.79 Å². The van der Waals surface area contributed by atoms with Gasteiger partial charge in [0.25, 0.3) is 5.89 Å². The number of likely N-dealkylation sites (N-methyl/N-ethyl adjacent to an activating group) is 1. The highest BCUT2D eigenvalue weighted by Crippen LogP contribution is 2.28. The maximum atomic E-state index is 14.5. The highest BCUT2D eigenvalue weighted by Gasteiger charge is 2.34. The van der Waals surface area contributed by atoms with Gasteiger partial charge in [0, 0.05) is 25.8 Å². The molecule has 2 amide bonds. The van der Waals surface area contributed by atoms with E-state index in [0.29, 0.717) is 19.3 Å². The van der Waals surface area contributed by atoms with Gasteiger partial charge in [-0.1, -0.05) is 84.9 Å². The molecular weight excluding hydrogens is 610 g/mol. The van der Waals surface area contributed by atoms with Crippen molar-refractivity contribution in [3.8, 4) is 6.01 Å². The molecule has 2 atom stereocenters. The molecule has 4 aromatic carbocycles. The number of hydrogen-bond donors (Lipinski definition) is 2. The van der Waals surface area contributed by atoms with Crippen LogP contribution < -0.4 is 15.4 Å². The Morgan fingerprint density at radius 3 is 2.12 bits per heavy atom. The summed E-state index contributed by atoms with van der Waals surface area (Å²) in [6.45, 7) is 3.28. The second-order valence-corrected chi connectivity index (χ2v) is 12.0. The van der Waals surface area contributed by atoms with E-state index in [1.807, 2.05) is 72.8 Å². The second-order valence-electron chi connectivity index (χ2n) is 12.0. The number of benzene rings is 4. The van der Waals surface area contributed by atoms with Gasteiger partial charge in [-0.15, -0.1) is 0 Å². The van der Waals surface area contributed by atoms with Crippen LogP contribution in [0.25, 0.3) is 21.5 Å². The zero-order valence-corrected chi connectivity index (χ0v) is 27.1. The van der Waals surface area contributed by atoms with Gasteiger partial charge in [-0.05, 0) is 70.7 Å². The fourth-order valence-electron chi connectivity index (χ4n) is 6.17. The first kappa shape index (κ1) is 32.6. The van der Waals surface area contributed by atoms with Gasteiger partial charge < -0.3 is 29.5 Å². The minimum atomic E-state index is -0.962. The van der Waals surface area contributed by atoms with E-state index in [0.717, 1.165) is 45.8 Å². The summed E-state index contributed by atoms with van der Waals surface area (Å²) in [5, 5.41) is 14.5. The molecule has 11 heteroatoms. The van der Waals surface area contributed by atoms with Crippen LogP contribution >= 0.6 is 0 Å². The predicted octanol–water partition coefficient (Wildman–Crippen LogP) is 5.38. The molecule has 6 rings (SSSR count). The molecular formula is C37H39N5O6. The number of aromatic nitrogens is 2. The van der Waals surface area contributed by atoms with E-state index in [1.165, 1.54) is 4.90 Å². The van der Waals surface area contributed by atoms with Gasteiger partial charge in [-0.3, -0.25) is 9.59 Å². The number of nitrogens with one attached hydrogen (secondary N) is 2. The molecule has 2 heterocycles. The fourth-order valence-corrected chi connectivity index (χ4v) is 6.17. The van der Waals surface area contributed by atoms with Crippen molar-refractivity contribution in [1.82, 2.24) is 25.7 Å². The summed E-state index contributed by atoms with van der Waals surface area (Å²) in [6, 6.07) is 26.2. The van der Waals surface area contributed by atoms with E-state index in [-0.39, 0.29) is 42.7 Å². The average Bonchev–Trinajstić information content (AvgIpc) is 3.57. The molecule has 0 bridgehead atoms. The first-order valence-corrected chi connectivity index (χ1v) is 16.3. The number of rotatable bonds is 11. The van der Waals surface area contributed by atoms with E-state index in [4.69, 9.17) is 14.0 Å². The highest BCUT2D eigenvalue weighted by molar-refractivity contribution is 5.89. The maximum Gasteiger partial charge on any atom is 0.516 e. The summed E-state index contributed by atoms with van der Waals surface area (Å²) in [4.78, 5) is 45.9. The normalized spacial score (nSPS) is 14.7. The molecule has 0 unspecified atom stereocenters. The van der Waals surface area contributed by atoms with Crippen LogP contribution in [0.5, 0.6) is 6.01 Å². The lowest BCUT2D eigenvalue weighted by atomic mass is 9.95. The largest absolute Gasteiger partial charge is 0.516 e. The first-order valence-electron chi connectivity index (χ1n) is 16.3. The third kappa shape index (κ3) is 7.80. The van der Waals surface area contributed by atoms with Crippen LogP contribution in [-0.4, -0.2) is 65.8 Å². The van der Waals surface area contributed by atoms with E-state index >= 15 is 0 Å². The topological polar surface area (TPSA) is 136 Å². The van der Waals surface area contributed by atoms with Crippen LogP contribution in [0.2, 0.25) is 0 Å². The predicted molar refractivity (Wildman–Crippen MR) is 180 cm³/mol. The van der Waals surface area contributed by atoms with Gasteiger partial charge in [0.1, 0.15) is 12.1 Å². The van der Waals surface area contributed by atoms with Crippen molar-refractivity contribution in [2.75, 3.05) is 26.7 Å². The molecule has 0 aliphatic carbocycles. The Hall–Kier alpha value is -5.29. The first-order chi connectivity index (χ1) is 23.4. The maximum absolute atomic E-state index is 14.5. The van der Waals surface area contributed by atoms with Crippen LogP contribution in [0.3, 0.4) is 0 Å². The molecule has 11 nitrogen and oxygen atoms in total. The highest BCUT2D eigenvalue weighted by atomic mass is 16.7. The average molecular weight is 650 g/mol. The fraction of sp³-hybridized carbons (Fsp3) is 0.324. The molecule has 1 saturated heterocycles. The Morgan fingerprint density at radius 2 is 1.50 bits per heavy atom. The van der Waals surface area contributed by atoms with Gasteiger partial charge in [0.05, 0.1) is 6.61 Å². The molecule has 1 aromatic heterocycles. The molecule has 1 aliphatic heterocycles. The van der Waals surface area contributed by atoms with E-state index in [9.17, 15) is 14.4 Å². The Bertz CT molecular complexity index is 1900. The number of carbonyl (C=O) groups is 3. The summed E-state index contributed by atoms with van der Waals surface area (Å²) >= 11 is 0. The molecule has 1 fully saturated rings. The van der Waals surface area contributed by atoms with Crippen molar-refractivity contribution in [2.45, 2.75) is 44.7 Å². The van der Waals surface area contributed by atoms with E-state index in [1.54, 1.807) is 14.0 Å². The summed E-state index contributed by atoms with van der Waals surface area (Å²) in [5.41, 5.74) is 1.84. The van der Waals surface area contributed by atoms with Crippen LogP contribution in [0.1, 0.15) is 42.8 Å². The van der Waals surface area contributed by atoms with Crippen LogP contribution in [0, 0.1) is 5.92 Å². The lowest BCUT2D eigenvalue weighted by molar-refractivity contribution is -0.138. The summed E-state index contributed by atoms with van der Waals surface area (Å²) in [5.74, 6) is -0.567. The third-order valence-electron chi connectivity index (χ3n) is 8.78. The van der Waals surface area contributed by atoms with Crippen LogP contribution in [0.4, 0.5) is 4.79 Å². The molecule has 1 aliphatic rings. The summed E-state index contributed by atoms with van der Waals surface area (Å²) in [6.07, 6.45) is 1.05. The van der Waals surface area contributed by atoms with Crippen molar-refractivity contribution < 1.29 is 28.4 Å². The summed E-state index contributed by atoms with van der Waals surface area (Å²) in [7, 11) is 1.66. The zero-order valence-electron chi connectivity index (χ0n) is 27.1. The molecule has 248 valence electrons. The third-order valence-corrected chi connectivity index (χ3v) is 8.78. The number of fused-ring (bicyclic) bond motifs is 2. The number of piperidine rings is 1. The zero-order chi connectivity index (χ0) is 33.5. The van der Waals surface area contributed by atoms with Crippen LogP contribution in [-0.2, 0) is 27.2 Å². The second kappa shape index (κ2) is 15.1. The number of nitrogens with zero attached hydrogens (tertiary/aromatic N) is 3. The van der Waals surface area contributed by atoms with Crippen LogP contribution in [0.15, 0.2) is 89.5 Å². The van der Waals surface area contributed by atoms with Gasteiger partial charge in [0.2, 0.25) is 11.8 Å². The Balaban J connectivity index is 1.31. The number of amides is 2. The minimum absolute atomic E-state index is 0.0763. The minimum Gasteiger partial charge on any atom is -0.434 e. The van der Waals surface area contributed by atoms with Crippen molar-refractivity contribution in [3.05, 3.63) is 102 Å². The van der Waals surface area contributed by atoms with Gasteiger partial charge in [-0.2, -0.15) is 4.98 Å². The van der Waals surface area contributed by atoms with Gasteiger partial charge >= 0.3 is 12.2 Å². The van der Waals surface area contributed by atoms with Crippen molar-refractivity contribution >= 4 is 39.5 Å². The van der Waals surface area contributed by atoms with Crippen molar-refractivity contribution in [2.24, 2.45) is 5.92 Å². The number of carbonyl (C=O) groups excluding carboxylic acids is 3.